The first-order valence-electron chi connectivity index (χ1n) is 5.94. The van der Waals surface area contributed by atoms with Crippen LogP contribution >= 0.6 is 0 Å². The van der Waals surface area contributed by atoms with Gasteiger partial charge in [-0.05, 0) is 7.05 Å². The topological polar surface area (TPSA) is 45.2 Å². The van der Waals surface area contributed by atoms with Gasteiger partial charge in [-0.3, -0.25) is 9.78 Å². The molecule has 2 atom stereocenters. The molecule has 0 unspecified atom stereocenters. The van der Waals surface area contributed by atoms with Crippen molar-refractivity contribution in [1.29, 1.82) is 0 Å². The van der Waals surface area contributed by atoms with E-state index in [-0.39, 0.29) is 18.8 Å². The third-order valence-corrected chi connectivity index (χ3v) is 3.23. The Morgan fingerprint density at radius 1 is 1.40 bits per heavy atom. The first kappa shape index (κ1) is 14.7. The van der Waals surface area contributed by atoms with Gasteiger partial charge < -0.3 is 10.2 Å². The van der Waals surface area contributed by atoms with E-state index in [4.69, 9.17) is 0 Å². The standard InChI is InChI=1S/C12H13F4N3O/c1-19-5-9(10(6-19)12(14,15)16)11(20)18-8-2-7(13)3-17-4-8/h2-4,9-10H,5-6H2,1H3,(H,18,20)/t9-,10-/m1/s1. The number of anilines is 1. The quantitative estimate of drug-likeness (QED) is 0.847. The smallest absolute Gasteiger partial charge is 0.324 e. The van der Waals surface area contributed by atoms with Crippen molar-refractivity contribution in [3.8, 4) is 0 Å². The van der Waals surface area contributed by atoms with Crippen molar-refractivity contribution < 1.29 is 22.4 Å². The van der Waals surface area contributed by atoms with Gasteiger partial charge >= 0.3 is 6.18 Å². The number of nitrogens with one attached hydrogen (secondary N) is 1. The zero-order chi connectivity index (χ0) is 14.9. The SMILES string of the molecule is CN1C[C@@H](C(F)(F)F)[C@H](C(=O)Nc2cncc(F)c2)C1. The fraction of sp³-hybridized carbons (Fsp3) is 0.500. The number of amides is 1. The lowest BCUT2D eigenvalue weighted by atomic mass is 9.94. The Labute approximate surface area is 112 Å². The van der Waals surface area contributed by atoms with Gasteiger partial charge in [0.25, 0.3) is 0 Å². The second-order valence-corrected chi connectivity index (χ2v) is 4.86. The fourth-order valence-electron chi connectivity index (χ4n) is 2.31. The van der Waals surface area contributed by atoms with Gasteiger partial charge in [-0.2, -0.15) is 13.2 Å². The summed E-state index contributed by atoms with van der Waals surface area (Å²) in [4.78, 5) is 16.9. The molecule has 1 amide bonds. The number of carbonyl (C=O) groups excluding carboxylic acids is 1. The second-order valence-electron chi connectivity index (χ2n) is 4.86. The summed E-state index contributed by atoms with van der Waals surface area (Å²) in [6, 6.07) is 1.01. The molecule has 8 heteroatoms. The van der Waals surface area contributed by atoms with Crippen LogP contribution in [0.5, 0.6) is 0 Å². The lowest BCUT2D eigenvalue weighted by Crippen LogP contribution is -2.36. The van der Waals surface area contributed by atoms with Crippen molar-refractivity contribution in [2.45, 2.75) is 6.18 Å². The van der Waals surface area contributed by atoms with E-state index < -0.39 is 29.7 Å². The van der Waals surface area contributed by atoms with Crippen molar-refractivity contribution in [1.82, 2.24) is 9.88 Å². The van der Waals surface area contributed by atoms with Crippen LogP contribution in [0.1, 0.15) is 0 Å². The molecule has 1 fully saturated rings. The van der Waals surface area contributed by atoms with Crippen molar-refractivity contribution in [3.63, 3.8) is 0 Å². The molecule has 0 bridgehead atoms. The highest BCUT2D eigenvalue weighted by Crippen LogP contribution is 2.37. The number of hydrogen-bond acceptors (Lipinski definition) is 3. The number of halogens is 4. The molecule has 1 aromatic rings. The second kappa shape index (κ2) is 5.35. The molecular weight excluding hydrogens is 278 g/mol. The van der Waals surface area contributed by atoms with E-state index in [1.165, 1.54) is 18.1 Å². The van der Waals surface area contributed by atoms with Crippen LogP contribution in [0.3, 0.4) is 0 Å². The Morgan fingerprint density at radius 2 is 2.10 bits per heavy atom. The first-order valence-corrected chi connectivity index (χ1v) is 5.94. The van der Waals surface area contributed by atoms with Crippen LogP contribution in [0.4, 0.5) is 23.2 Å². The highest BCUT2D eigenvalue weighted by atomic mass is 19.4. The number of aromatic nitrogens is 1. The van der Waals surface area contributed by atoms with E-state index in [0.717, 1.165) is 12.3 Å². The Bertz CT molecular complexity index is 506. The number of nitrogens with zero attached hydrogens (tertiary/aromatic N) is 2. The lowest BCUT2D eigenvalue weighted by Gasteiger charge is -2.20. The number of carbonyl (C=O) groups is 1. The minimum atomic E-state index is -4.44. The van der Waals surface area contributed by atoms with E-state index in [1.807, 2.05) is 0 Å². The minimum Gasteiger partial charge on any atom is -0.324 e. The Kier molecular flexibility index (Phi) is 3.94. The van der Waals surface area contributed by atoms with Crippen LogP contribution < -0.4 is 5.32 Å². The summed E-state index contributed by atoms with van der Waals surface area (Å²) in [5, 5.41) is 2.28. The van der Waals surface area contributed by atoms with E-state index >= 15 is 0 Å². The predicted octanol–water partition coefficient (Wildman–Crippen LogP) is 1.90. The normalized spacial score (nSPS) is 23.9. The molecule has 1 aliphatic heterocycles. The van der Waals surface area contributed by atoms with Crippen LogP contribution in [-0.2, 0) is 4.79 Å². The average molecular weight is 291 g/mol. The van der Waals surface area contributed by atoms with Gasteiger partial charge in [-0.25, -0.2) is 4.39 Å². The van der Waals surface area contributed by atoms with Gasteiger partial charge in [0.15, 0.2) is 0 Å². The summed E-state index contributed by atoms with van der Waals surface area (Å²) in [5.41, 5.74) is 0.0467. The monoisotopic (exact) mass is 291 g/mol. The fourth-order valence-corrected chi connectivity index (χ4v) is 2.31. The van der Waals surface area contributed by atoms with E-state index in [2.05, 4.69) is 10.3 Å². The molecule has 2 heterocycles. The maximum absolute atomic E-state index is 12.9. The van der Waals surface area contributed by atoms with Crippen LogP contribution in [0.25, 0.3) is 0 Å². The molecule has 2 rings (SSSR count). The Balaban J connectivity index is 2.11. The van der Waals surface area contributed by atoms with Gasteiger partial charge in [0.2, 0.25) is 5.91 Å². The van der Waals surface area contributed by atoms with Crippen LogP contribution in [-0.4, -0.2) is 42.1 Å². The van der Waals surface area contributed by atoms with E-state index in [1.54, 1.807) is 0 Å². The molecule has 1 aliphatic rings. The van der Waals surface area contributed by atoms with Crippen molar-refractivity contribution in [2.75, 3.05) is 25.5 Å². The van der Waals surface area contributed by atoms with Crippen molar-refractivity contribution in [3.05, 3.63) is 24.3 Å². The van der Waals surface area contributed by atoms with E-state index in [9.17, 15) is 22.4 Å². The molecule has 110 valence electrons. The number of alkyl halides is 3. The summed E-state index contributed by atoms with van der Waals surface area (Å²) in [6.45, 7) is -0.207. The van der Waals surface area contributed by atoms with Gasteiger partial charge in [-0.15, -0.1) is 0 Å². The van der Waals surface area contributed by atoms with Crippen LogP contribution in [0, 0.1) is 17.7 Å². The zero-order valence-corrected chi connectivity index (χ0v) is 10.6. The number of rotatable bonds is 2. The molecule has 0 saturated carbocycles. The predicted molar refractivity (Wildman–Crippen MR) is 63.4 cm³/mol. The average Bonchev–Trinajstić information content (AvgIpc) is 2.71. The number of likely N-dealkylation sites (tertiary alicyclic amines) is 1. The third-order valence-electron chi connectivity index (χ3n) is 3.23. The molecule has 1 saturated heterocycles. The maximum atomic E-state index is 12.9. The molecule has 20 heavy (non-hydrogen) atoms. The third kappa shape index (κ3) is 3.24. The highest BCUT2D eigenvalue weighted by Gasteiger charge is 2.51. The largest absolute Gasteiger partial charge is 0.393 e. The van der Waals surface area contributed by atoms with Crippen molar-refractivity contribution in [2.24, 2.45) is 11.8 Å². The molecule has 0 spiro atoms. The zero-order valence-electron chi connectivity index (χ0n) is 10.6. The summed E-state index contributed by atoms with van der Waals surface area (Å²) >= 11 is 0. The first-order chi connectivity index (χ1) is 9.27. The molecule has 0 aromatic carbocycles. The summed E-state index contributed by atoms with van der Waals surface area (Å²) in [6.07, 6.45) is -2.31. The Hall–Kier alpha value is -1.70. The molecule has 1 N–H and O–H groups in total. The van der Waals surface area contributed by atoms with Gasteiger partial charge in [-0.1, -0.05) is 0 Å². The van der Waals surface area contributed by atoms with E-state index in [0.29, 0.717) is 0 Å². The minimum absolute atomic E-state index is 0.0127. The molecular formula is C12H13F4N3O. The summed E-state index contributed by atoms with van der Waals surface area (Å²) < 4.78 is 51.5. The van der Waals surface area contributed by atoms with Crippen LogP contribution in [0.15, 0.2) is 18.5 Å². The van der Waals surface area contributed by atoms with Crippen molar-refractivity contribution >= 4 is 11.6 Å². The molecule has 0 radical (unpaired) electrons. The molecule has 0 aliphatic carbocycles. The number of pyridine rings is 1. The van der Waals surface area contributed by atoms with Gasteiger partial charge in [0.1, 0.15) is 5.82 Å². The Morgan fingerprint density at radius 3 is 2.70 bits per heavy atom. The van der Waals surface area contributed by atoms with Gasteiger partial charge in [0.05, 0.1) is 29.9 Å². The molecule has 4 nitrogen and oxygen atoms in total. The van der Waals surface area contributed by atoms with Gasteiger partial charge in [0, 0.05) is 19.2 Å². The molecule has 1 aromatic heterocycles. The number of hydrogen-bond donors (Lipinski definition) is 1. The summed E-state index contributed by atoms with van der Waals surface area (Å²) in [5.74, 6) is -4.36. The lowest BCUT2D eigenvalue weighted by molar-refractivity contribution is -0.182. The highest BCUT2D eigenvalue weighted by molar-refractivity contribution is 5.93. The summed E-state index contributed by atoms with van der Waals surface area (Å²) in [7, 11) is 1.52. The van der Waals surface area contributed by atoms with Crippen LogP contribution in [0.2, 0.25) is 0 Å². The maximum Gasteiger partial charge on any atom is 0.393 e.